The van der Waals surface area contributed by atoms with Crippen LogP contribution in [0.15, 0.2) is 24.3 Å². The largest absolute Gasteiger partial charge is 0.491 e. The van der Waals surface area contributed by atoms with Crippen LogP contribution in [0.1, 0.15) is 19.4 Å². The van der Waals surface area contributed by atoms with E-state index in [4.69, 9.17) is 4.74 Å². The Bertz CT molecular complexity index is 603. The van der Waals surface area contributed by atoms with Gasteiger partial charge >= 0.3 is 0 Å². The average molecular weight is 320 g/mol. The predicted octanol–water partition coefficient (Wildman–Crippen LogP) is 1.42. The van der Waals surface area contributed by atoms with E-state index in [2.05, 4.69) is 5.32 Å². The van der Waals surface area contributed by atoms with Gasteiger partial charge in [-0.1, -0.05) is 18.2 Å². The molecule has 0 aliphatic carbocycles. The van der Waals surface area contributed by atoms with Crippen LogP contribution in [-0.4, -0.2) is 46.4 Å². The third-order valence-electron chi connectivity index (χ3n) is 4.03. The summed E-state index contributed by atoms with van der Waals surface area (Å²) in [4.78, 5) is 26.5. The summed E-state index contributed by atoms with van der Waals surface area (Å²) in [6, 6.07) is 7.31. The molecule has 2 aliphatic heterocycles. The molecule has 0 spiro atoms. The Balaban J connectivity index is 1.72. The second kappa shape index (κ2) is 5.83. The molecule has 1 aromatic carbocycles. The lowest BCUT2D eigenvalue weighted by molar-refractivity contribution is -0.137. The Morgan fingerprint density at radius 1 is 1.41 bits per heavy atom. The molecule has 22 heavy (non-hydrogen) atoms. The lowest BCUT2D eigenvalue weighted by Gasteiger charge is -2.35. The van der Waals surface area contributed by atoms with Crippen molar-refractivity contribution in [1.29, 1.82) is 0 Å². The van der Waals surface area contributed by atoms with Crippen LogP contribution in [0.5, 0.6) is 5.75 Å². The molecule has 0 bridgehead atoms. The van der Waals surface area contributed by atoms with Crippen LogP contribution in [0, 0.1) is 0 Å². The maximum Gasteiger partial charge on any atom is 0.246 e. The molecular formula is C16H20N2O3S. The average Bonchev–Trinajstić information content (AvgIpc) is 2.71. The summed E-state index contributed by atoms with van der Waals surface area (Å²) in [5.74, 6) is 1.34. The first-order valence-corrected chi connectivity index (χ1v) is 8.40. The lowest BCUT2D eigenvalue weighted by Crippen LogP contribution is -2.57. The van der Waals surface area contributed by atoms with Crippen molar-refractivity contribution in [3.8, 4) is 5.75 Å². The molecule has 1 aromatic rings. The Morgan fingerprint density at radius 3 is 2.95 bits per heavy atom. The molecule has 1 fully saturated rings. The number of benzene rings is 1. The van der Waals surface area contributed by atoms with E-state index in [0.717, 1.165) is 11.3 Å². The molecule has 118 valence electrons. The number of fused-ring (bicyclic) bond motifs is 1. The zero-order valence-corrected chi connectivity index (χ0v) is 13.6. The Kier molecular flexibility index (Phi) is 4.04. The molecule has 5 nitrogen and oxygen atoms in total. The molecule has 2 heterocycles. The number of carbonyl (C=O) groups is 2. The minimum Gasteiger partial charge on any atom is -0.491 e. The number of thioether (sulfide) groups is 1. The van der Waals surface area contributed by atoms with Crippen LogP contribution in [0.2, 0.25) is 0 Å². The maximum absolute atomic E-state index is 12.7. The van der Waals surface area contributed by atoms with Crippen LogP contribution in [0.25, 0.3) is 0 Å². The third kappa shape index (κ3) is 2.92. The fourth-order valence-corrected chi connectivity index (χ4v) is 3.60. The van der Waals surface area contributed by atoms with Crippen molar-refractivity contribution in [3.63, 3.8) is 0 Å². The standard InChI is InChI=1S/C16H20N2O3S/c1-16(2)15(20)17-12(10-22-16)14(19)18-7-8-21-13-6-4-3-5-11(13)9-18/h3-6,12H,7-10H2,1-2H3,(H,17,20). The summed E-state index contributed by atoms with van der Waals surface area (Å²) in [5, 5.41) is 2.86. The fourth-order valence-electron chi connectivity index (χ4n) is 2.60. The third-order valence-corrected chi connectivity index (χ3v) is 5.43. The number of para-hydroxylation sites is 1. The van der Waals surface area contributed by atoms with Gasteiger partial charge in [-0.2, -0.15) is 0 Å². The molecule has 0 aromatic heterocycles. The zero-order valence-electron chi connectivity index (χ0n) is 12.8. The minimum atomic E-state index is -0.467. The molecule has 1 atom stereocenters. The summed E-state index contributed by atoms with van der Waals surface area (Å²) in [6.45, 7) is 5.29. The highest BCUT2D eigenvalue weighted by atomic mass is 32.2. The first kappa shape index (κ1) is 15.2. The van der Waals surface area contributed by atoms with Crippen molar-refractivity contribution < 1.29 is 14.3 Å². The number of hydrogen-bond acceptors (Lipinski definition) is 4. The summed E-state index contributed by atoms with van der Waals surface area (Å²) in [7, 11) is 0. The van der Waals surface area contributed by atoms with E-state index in [9.17, 15) is 9.59 Å². The van der Waals surface area contributed by atoms with Gasteiger partial charge in [0.2, 0.25) is 11.8 Å². The second-order valence-electron chi connectivity index (χ2n) is 6.06. The molecule has 1 saturated heterocycles. The van der Waals surface area contributed by atoms with Crippen molar-refractivity contribution in [2.75, 3.05) is 18.9 Å². The normalized spacial score (nSPS) is 23.8. The SMILES string of the molecule is CC1(C)SCC(C(=O)N2CCOc3ccccc3C2)NC1=O. The van der Waals surface area contributed by atoms with Gasteiger partial charge in [0.05, 0.1) is 11.3 Å². The Morgan fingerprint density at radius 2 is 2.18 bits per heavy atom. The molecular weight excluding hydrogens is 300 g/mol. The topological polar surface area (TPSA) is 58.6 Å². The van der Waals surface area contributed by atoms with E-state index >= 15 is 0 Å². The van der Waals surface area contributed by atoms with Gasteiger partial charge in [0.25, 0.3) is 0 Å². The predicted molar refractivity (Wildman–Crippen MR) is 85.8 cm³/mol. The first-order chi connectivity index (χ1) is 10.5. The van der Waals surface area contributed by atoms with Gasteiger partial charge in [-0.3, -0.25) is 9.59 Å². The van der Waals surface area contributed by atoms with Crippen LogP contribution >= 0.6 is 11.8 Å². The summed E-state index contributed by atoms with van der Waals surface area (Å²) < 4.78 is 5.22. The highest BCUT2D eigenvalue weighted by Gasteiger charge is 2.39. The van der Waals surface area contributed by atoms with E-state index in [1.54, 1.807) is 4.90 Å². The van der Waals surface area contributed by atoms with E-state index in [1.807, 2.05) is 38.1 Å². The number of nitrogens with zero attached hydrogens (tertiary/aromatic N) is 1. The van der Waals surface area contributed by atoms with Gasteiger partial charge in [0.15, 0.2) is 0 Å². The zero-order chi connectivity index (χ0) is 15.7. The smallest absolute Gasteiger partial charge is 0.246 e. The van der Waals surface area contributed by atoms with Gasteiger partial charge in [-0.05, 0) is 19.9 Å². The van der Waals surface area contributed by atoms with Gasteiger partial charge in [-0.15, -0.1) is 11.8 Å². The van der Waals surface area contributed by atoms with E-state index < -0.39 is 10.8 Å². The van der Waals surface area contributed by atoms with Crippen molar-refractivity contribution in [2.24, 2.45) is 0 Å². The quantitative estimate of drug-likeness (QED) is 0.850. The van der Waals surface area contributed by atoms with Gasteiger partial charge in [-0.25, -0.2) is 0 Å². The van der Waals surface area contributed by atoms with Crippen LogP contribution < -0.4 is 10.1 Å². The fraction of sp³-hybridized carbons (Fsp3) is 0.500. The number of amides is 2. The van der Waals surface area contributed by atoms with Crippen molar-refractivity contribution >= 4 is 23.6 Å². The summed E-state index contributed by atoms with van der Waals surface area (Å²) in [5.41, 5.74) is 1.00. The summed E-state index contributed by atoms with van der Waals surface area (Å²) in [6.07, 6.45) is 0. The second-order valence-corrected chi connectivity index (χ2v) is 7.71. The molecule has 3 rings (SSSR count). The van der Waals surface area contributed by atoms with Crippen LogP contribution in [0.4, 0.5) is 0 Å². The van der Waals surface area contributed by atoms with Gasteiger partial charge in [0.1, 0.15) is 18.4 Å². The number of ether oxygens (including phenoxy) is 1. The lowest BCUT2D eigenvalue weighted by atomic mass is 10.1. The Labute approximate surface area is 134 Å². The van der Waals surface area contributed by atoms with Gasteiger partial charge in [0, 0.05) is 17.9 Å². The molecule has 2 aliphatic rings. The van der Waals surface area contributed by atoms with Crippen molar-refractivity contribution in [1.82, 2.24) is 10.2 Å². The summed E-state index contributed by atoms with van der Waals surface area (Å²) >= 11 is 1.53. The van der Waals surface area contributed by atoms with Crippen molar-refractivity contribution in [2.45, 2.75) is 31.2 Å². The van der Waals surface area contributed by atoms with Gasteiger partial charge < -0.3 is 15.0 Å². The minimum absolute atomic E-state index is 0.0309. The molecule has 1 unspecified atom stereocenters. The molecule has 6 heteroatoms. The van der Waals surface area contributed by atoms with E-state index in [1.165, 1.54) is 11.8 Å². The molecule has 1 N–H and O–H groups in total. The number of rotatable bonds is 1. The molecule has 0 radical (unpaired) electrons. The molecule has 2 amide bonds. The van der Waals surface area contributed by atoms with Crippen LogP contribution in [-0.2, 0) is 16.1 Å². The number of hydrogen-bond donors (Lipinski definition) is 1. The highest BCUT2D eigenvalue weighted by molar-refractivity contribution is 8.01. The monoisotopic (exact) mass is 320 g/mol. The van der Waals surface area contributed by atoms with Crippen molar-refractivity contribution in [3.05, 3.63) is 29.8 Å². The highest BCUT2D eigenvalue weighted by Crippen LogP contribution is 2.30. The van der Waals surface area contributed by atoms with E-state index in [-0.39, 0.29) is 11.8 Å². The first-order valence-electron chi connectivity index (χ1n) is 7.42. The number of carbonyl (C=O) groups excluding carboxylic acids is 2. The Hall–Kier alpha value is -1.69. The van der Waals surface area contributed by atoms with E-state index in [0.29, 0.717) is 25.4 Å². The van der Waals surface area contributed by atoms with Crippen LogP contribution in [0.3, 0.4) is 0 Å². The number of nitrogens with one attached hydrogen (secondary N) is 1. The molecule has 0 saturated carbocycles. The maximum atomic E-state index is 12.7.